The van der Waals surface area contributed by atoms with Crippen molar-refractivity contribution in [3.63, 3.8) is 0 Å². The Morgan fingerprint density at radius 3 is 2.69 bits per heavy atom. The summed E-state index contributed by atoms with van der Waals surface area (Å²) in [5, 5.41) is 0.899. The van der Waals surface area contributed by atoms with Crippen LogP contribution in [0, 0.1) is 5.82 Å². The number of benzene rings is 1. The van der Waals surface area contributed by atoms with Crippen LogP contribution < -0.4 is 5.84 Å². The van der Waals surface area contributed by atoms with Gasteiger partial charge in [-0.15, -0.1) is 6.58 Å². The van der Waals surface area contributed by atoms with Crippen molar-refractivity contribution >= 4 is 6.09 Å². The maximum absolute atomic E-state index is 12.6. The molecule has 2 N–H and O–H groups in total. The van der Waals surface area contributed by atoms with Crippen LogP contribution in [0.2, 0.25) is 0 Å². The molecule has 0 fully saturated rings. The molecule has 0 saturated carbocycles. The number of hydrogen-bond donors (Lipinski definition) is 1. The molecule has 0 unspecified atom stereocenters. The summed E-state index contributed by atoms with van der Waals surface area (Å²) in [5.41, 5.74) is 0.696. The van der Waals surface area contributed by atoms with Crippen molar-refractivity contribution < 1.29 is 13.9 Å². The van der Waals surface area contributed by atoms with Crippen molar-refractivity contribution in [1.82, 2.24) is 5.01 Å². The minimum Gasteiger partial charge on any atom is -0.444 e. The molecule has 1 rings (SSSR count). The van der Waals surface area contributed by atoms with Crippen molar-refractivity contribution in [2.24, 2.45) is 5.84 Å². The van der Waals surface area contributed by atoms with Crippen LogP contribution in [0.15, 0.2) is 36.9 Å². The highest BCUT2D eigenvalue weighted by Gasteiger charge is 2.08. The average Bonchev–Trinajstić information content (AvgIpc) is 2.28. The zero-order chi connectivity index (χ0) is 12.0. The Morgan fingerprint density at radius 1 is 1.50 bits per heavy atom. The van der Waals surface area contributed by atoms with Crippen LogP contribution in [0.5, 0.6) is 0 Å². The molecule has 0 aliphatic carbocycles. The molecule has 0 bridgehead atoms. The van der Waals surface area contributed by atoms with Crippen molar-refractivity contribution in [2.75, 3.05) is 6.54 Å². The number of amides is 1. The van der Waals surface area contributed by atoms with Crippen LogP contribution in [0.3, 0.4) is 0 Å². The predicted octanol–water partition coefficient (Wildman–Crippen LogP) is 1.82. The molecule has 4 nitrogen and oxygen atoms in total. The van der Waals surface area contributed by atoms with Gasteiger partial charge in [-0.3, -0.25) is 0 Å². The number of hydrazine groups is 1. The zero-order valence-corrected chi connectivity index (χ0v) is 8.73. The third-order valence-electron chi connectivity index (χ3n) is 1.84. The van der Waals surface area contributed by atoms with Gasteiger partial charge in [0, 0.05) is 0 Å². The van der Waals surface area contributed by atoms with E-state index < -0.39 is 6.09 Å². The monoisotopic (exact) mass is 224 g/mol. The molecule has 1 amide bonds. The molecule has 0 aromatic heterocycles. The number of nitrogens with zero attached hydrogens (tertiary/aromatic N) is 1. The first-order valence-electron chi connectivity index (χ1n) is 4.68. The van der Waals surface area contributed by atoms with Gasteiger partial charge in [0.25, 0.3) is 0 Å². The molecule has 5 heteroatoms. The predicted molar refractivity (Wildman–Crippen MR) is 57.7 cm³/mol. The van der Waals surface area contributed by atoms with Gasteiger partial charge in [-0.1, -0.05) is 18.2 Å². The van der Waals surface area contributed by atoms with E-state index in [9.17, 15) is 9.18 Å². The molecule has 1 aromatic carbocycles. The van der Waals surface area contributed by atoms with Gasteiger partial charge in [-0.05, 0) is 17.7 Å². The normalized spacial score (nSPS) is 9.62. The van der Waals surface area contributed by atoms with Gasteiger partial charge in [0.15, 0.2) is 0 Å². The second kappa shape index (κ2) is 5.87. The summed E-state index contributed by atoms with van der Waals surface area (Å²) in [6.45, 7) is 3.71. The molecule has 1 aromatic rings. The van der Waals surface area contributed by atoms with Crippen LogP contribution in [0.4, 0.5) is 9.18 Å². The fourth-order valence-corrected chi connectivity index (χ4v) is 1.02. The standard InChI is InChI=1S/C11H13FN2O2/c1-2-7-14(13)11(15)16-8-9-3-5-10(12)6-4-9/h2-6H,1,7-8,13H2. The highest BCUT2D eigenvalue weighted by Crippen LogP contribution is 2.04. The van der Waals surface area contributed by atoms with E-state index in [0.29, 0.717) is 5.56 Å². The zero-order valence-electron chi connectivity index (χ0n) is 8.73. The highest BCUT2D eigenvalue weighted by atomic mass is 19.1. The number of ether oxygens (including phenoxy) is 1. The molecule has 0 radical (unpaired) electrons. The van der Waals surface area contributed by atoms with E-state index in [4.69, 9.17) is 10.6 Å². The summed E-state index contributed by atoms with van der Waals surface area (Å²) in [6, 6.07) is 5.67. The summed E-state index contributed by atoms with van der Waals surface area (Å²) >= 11 is 0. The first-order valence-corrected chi connectivity index (χ1v) is 4.68. The Bertz CT molecular complexity index is 365. The molecule has 16 heavy (non-hydrogen) atoms. The van der Waals surface area contributed by atoms with Crippen LogP contribution >= 0.6 is 0 Å². The van der Waals surface area contributed by atoms with Crippen LogP contribution in [0.1, 0.15) is 5.56 Å². The topological polar surface area (TPSA) is 55.6 Å². The van der Waals surface area contributed by atoms with Crippen molar-refractivity contribution in [3.05, 3.63) is 48.3 Å². The molecular weight excluding hydrogens is 211 g/mol. The van der Waals surface area contributed by atoms with Crippen LogP contribution in [-0.4, -0.2) is 17.6 Å². The quantitative estimate of drug-likeness (QED) is 0.367. The second-order valence-corrected chi connectivity index (χ2v) is 3.12. The van der Waals surface area contributed by atoms with Crippen molar-refractivity contribution in [2.45, 2.75) is 6.61 Å². The van der Waals surface area contributed by atoms with Crippen molar-refractivity contribution in [3.8, 4) is 0 Å². The van der Waals surface area contributed by atoms with E-state index in [0.717, 1.165) is 5.01 Å². The summed E-state index contributed by atoms with van der Waals surface area (Å²) in [6.07, 6.45) is 0.836. The largest absolute Gasteiger partial charge is 0.444 e. The second-order valence-electron chi connectivity index (χ2n) is 3.12. The lowest BCUT2D eigenvalue weighted by molar-refractivity contribution is 0.100. The number of carbonyl (C=O) groups is 1. The lowest BCUT2D eigenvalue weighted by atomic mass is 10.2. The Labute approximate surface area is 93.1 Å². The molecule has 0 atom stereocenters. The van der Waals surface area contributed by atoms with Gasteiger partial charge in [0.1, 0.15) is 12.4 Å². The molecule has 86 valence electrons. The Hall–Kier alpha value is -1.88. The molecule has 0 aliphatic rings. The lowest BCUT2D eigenvalue weighted by Gasteiger charge is -2.14. The van der Waals surface area contributed by atoms with Gasteiger partial charge in [0.05, 0.1) is 6.54 Å². The Balaban J connectivity index is 2.42. The molecule has 0 saturated heterocycles. The van der Waals surface area contributed by atoms with E-state index in [1.807, 2.05) is 0 Å². The van der Waals surface area contributed by atoms with Gasteiger partial charge in [-0.2, -0.15) is 0 Å². The fraction of sp³-hybridized carbons (Fsp3) is 0.182. The Morgan fingerprint density at radius 2 is 2.12 bits per heavy atom. The van der Waals surface area contributed by atoms with Gasteiger partial charge in [-0.25, -0.2) is 20.0 Å². The summed E-state index contributed by atoms with van der Waals surface area (Å²) in [5.74, 6) is 5.01. The number of hydrogen-bond acceptors (Lipinski definition) is 3. The summed E-state index contributed by atoms with van der Waals surface area (Å²) < 4.78 is 17.4. The number of rotatable bonds is 4. The van der Waals surface area contributed by atoms with E-state index in [-0.39, 0.29) is 19.0 Å². The molecule has 0 aliphatic heterocycles. The number of nitrogens with two attached hydrogens (primary N) is 1. The average molecular weight is 224 g/mol. The van der Waals surface area contributed by atoms with Gasteiger partial charge in [0.2, 0.25) is 0 Å². The summed E-state index contributed by atoms with van der Waals surface area (Å²) in [4.78, 5) is 11.2. The minimum atomic E-state index is -0.649. The first-order chi connectivity index (χ1) is 7.63. The van der Waals surface area contributed by atoms with E-state index in [1.165, 1.54) is 30.3 Å². The minimum absolute atomic E-state index is 0.0595. The summed E-state index contributed by atoms with van der Waals surface area (Å²) in [7, 11) is 0. The third kappa shape index (κ3) is 3.70. The third-order valence-corrected chi connectivity index (χ3v) is 1.84. The maximum Gasteiger partial charge on any atom is 0.424 e. The smallest absolute Gasteiger partial charge is 0.424 e. The number of carbonyl (C=O) groups excluding carboxylic acids is 1. The maximum atomic E-state index is 12.6. The van der Waals surface area contributed by atoms with E-state index >= 15 is 0 Å². The molecule has 0 spiro atoms. The van der Waals surface area contributed by atoms with Crippen LogP contribution in [-0.2, 0) is 11.3 Å². The van der Waals surface area contributed by atoms with Gasteiger partial charge < -0.3 is 4.74 Å². The lowest BCUT2D eigenvalue weighted by Crippen LogP contribution is -2.37. The van der Waals surface area contributed by atoms with Crippen LogP contribution in [0.25, 0.3) is 0 Å². The Kier molecular flexibility index (Phi) is 4.47. The highest BCUT2D eigenvalue weighted by molar-refractivity contribution is 5.66. The van der Waals surface area contributed by atoms with Crippen molar-refractivity contribution in [1.29, 1.82) is 0 Å². The first kappa shape index (κ1) is 12.2. The molecular formula is C11H13FN2O2. The van der Waals surface area contributed by atoms with Gasteiger partial charge >= 0.3 is 6.09 Å². The SMILES string of the molecule is C=CCN(N)C(=O)OCc1ccc(F)cc1. The molecule has 0 heterocycles. The van der Waals surface area contributed by atoms with E-state index in [2.05, 4.69) is 6.58 Å². The fourth-order valence-electron chi connectivity index (χ4n) is 1.02. The van der Waals surface area contributed by atoms with E-state index in [1.54, 1.807) is 0 Å². The number of halogens is 1.